The molecule has 4 rings (SSSR count). The SMILES string of the molecule is CC1c2c(n(CCc3cccc(F)c3)c3ccc(Cl)cc23)CCN1C. The van der Waals surface area contributed by atoms with Gasteiger partial charge in [0.25, 0.3) is 0 Å². The van der Waals surface area contributed by atoms with Crippen molar-refractivity contribution in [2.24, 2.45) is 0 Å². The van der Waals surface area contributed by atoms with E-state index in [1.807, 2.05) is 12.1 Å². The molecule has 25 heavy (non-hydrogen) atoms. The minimum Gasteiger partial charge on any atom is -0.344 e. The van der Waals surface area contributed by atoms with Gasteiger partial charge in [0.1, 0.15) is 5.82 Å². The summed E-state index contributed by atoms with van der Waals surface area (Å²) in [4.78, 5) is 2.39. The van der Waals surface area contributed by atoms with Crippen molar-refractivity contribution < 1.29 is 4.39 Å². The fourth-order valence-electron chi connectivity index (χ4n) is 4.03. The second-order valence-electron chi connectivity index (χ2n) is 6.96. The van der Waals surface area contributed by atoms with Gasteiger partial charge in [0.2, 0.25) is 0 Å². The van der Waals surface area contributed by atoms with Gasteiger partial charge in [0.15, 0.2) is 0 Å². The molecule has 2 nitrogen and oxygen atoms in total. The first-order valence-corrected chi connectivity index (χ1v) is 9.17. The maximum Gasteiger partial charge on any atom is 0.123 e. The van der Waals surface area contributed by atoms with Crippen LogP contribution in [0.25, 0.3) is 10.9 Å². The van der Waals surface area contributed by atoms with Crippen molar-refractivity contribution in [1.82, 2.24) is 9.47 Å². The molecule has 130 valence electrons. The number of halogens is 2. The Kier molecular flexibility index (Phi) is 4.30. The topological polar surface area (TPSA) is 8.17 Å². The summed E-state index contributed by atoms with van der Waals surface area (Å²) < 4.78 is 15.9. The largest absolute Gasteiger partial charge is 0.344 e. The van der Waals surface area contributed by atoms with Gasteiger partial charge in [0, 0.05) is 47.2 Å². The molecule has 0 amide bonds. The van der Waals surface area contributed by atoms with Crippen molar-refractivity contribution in [1.29, 1.82) is 0 Å². The van der Waals surface area contributed by atoms with Crippen LogP contribution in [0.4, 0.5) is 4.39 Å². The summed E-state index contributed by atoms with van der Waals surface area (Å²) in [6.07, 6.45) is 1.85. The lowest BCUT2D eigenvalue weighted by Crippen LogP contribution is -2.31. The summed E-state index contributed by atoms with van der Waals surface area (Å²) in [5, 5.41) is 2.03. The summed E-state index contributed by atoms with van der Waals surface area (Å²) in [5.41, 5.74) is 5.06. The highest BCUT2D eigenvalue weighted by molar-refractivity contribution is 6.31. The molecule has 0 saturated carbocycles. The molecular weight excluding hydrogens is 335 g/mol. The van der Waals surface area contributed by atoms with Crippen LogP contribution < -0.4 is 0 Å². The van der Waals surface area contributed by atoms with Crippen LogP contribution in [-0.2, 0) is 19.4 Å². The van der Waals surface area contributed by atoms with Gasteiger partial charge in [-0.1, -0.05) is 23.7 Å². The number of hydrogen-bond donors (Lipinski definition) is 0. The molecule has 0 aliphatic carbocycles. The van der Waals surface area contributed by atoms with Crippen LogP contribution in [0.5, 0.6) is 0 Å². The third kappa shape index (κ3) is 2.96. The molecular formula is C21H22ClFN2. The van der Waals surface area contributed by atoms with E-state index in [-0.39, 0.29) is 5.82 Å². The van der Waals surface area contributed by atoms with E-state index in [1.165, 1.54) is 28.2 Å². The minimum absolute atomic E-state index is 0.168. The van der Waals surface area contributed by atoms with Crippen LogP contribution in [0.3, 0.4) is 0 Å². The van der Waals surface area contributed by atoms with Gasteiger partial charge in [-0.05, 0) is 61.9 Å². The Hall–Kier alpha value is -1.84. The number of aromatic nitrogens is 1. The third-order valence-corrected chi connectivity index (χ3v) is 5.70. The Balaban J connectivity index is 1.78. The quantitative estimate of drug-likeness (QED) is 0.624. The number of rotatable bonds is 3. The number of hydrogen-bond acceptors (Lipinski definition) is 1. The van der Waals surface area contributed by atoms with E-state index < -0.39 is 0 Å². The number of likely N-dealkylation sites (N-methyl/N-ethyl adjacent to an activating group) is 1. The van der Waals surface area contributed by atoms with E-state index in [0.29, 0.717) is 6.04 Å². The van der Waals surface area contributed by atoms with Crippen molar-refractivity contribution in [3.8, 4) is 0 Å². The summed E-state index contributed by atoms with van der Waals surface area (Å²) >= 11 is 6.28. The second-order valence-corrected chi connectivity index (χ2v) is 7.40. The van der Waals surface area contributed by atoms with Crippen LogP contribution in [-0.4, -0.2) is 23.1 Å². The predicted octanol–water partition coefficient (Wildman–Crippen LogP) is 5.23. The molecule has 1 aliphatic heterocycles. The number of aryl methyl sites for hydroxylation is 2. The molecule has 2 heterocycles. The van der Waals surface area contributed by atoms with Gasteiger partial charge >= 0.3 is 0 Å². The summed E-state index contributed by atoms with van der Waals surface area (Å²) in [6, 6.07) is 13.4. The molecule has 2 aromatic carbocycles. The van der Waals surface area contributed by atoms with Crippen molar-refractivity contribution in [3.63, 3.8) is 0 Å². The van der Waals surface area contributed by atoms with E-state index in [4.69, 9.17) is 11.6 Å². The van der Waals surface area contributed by atoms with Crippen molar-refractivity contribution in [2.75, 3.05) is 13.6 Å². The summed E-state index contributed by atoms with van der Waals surface area (Å²) in [6.45, 7) is 4.17. The molecule has 1 atom stereocenters. The zero-order valence-electron chi connectivity index (χ0n) is 14.6. The average molecular weight is 357 g/mol. The molecule has 1 aliphatic rings. The molecule has 3 aromatic rings. The first-order chi connectivity index (χ1) is 12.0. The first-order valence-electron chi connectivity index (χ1n) is 8.80. The second kappa shape index (κ2) is 6.47. The van der Waals surface area contributed by atoms with Crippen LogP contribution >= 0.6 is 11.6 Å². The lowest BCUT2D eigenvalue weighted by Gasteiger charge is -2.31. The van der Waals surface area contributed by atoms with Gasteiger partial charge in [-0.3, -0.25) is 4.90 Å². The molecule has 0 saturated heterocycles. The molecule has 0 N–H and O–H groups in total. The highest BCUT2D eigenvalue weighted by Gasteiger charge is 2.27. The Morgan fingerprint density at radius 3 is 2.84 bits per heavy atom. The zero-order chi connectivity index (χ0) is 17.6. The van der Waals surface area contributed by atoms with E-state index in [9.17, 15) is 4.39 Å². The monoisotopic (exact) mass is 356 g/mol. The van der Waals surface area contributed by atoms with Crippen LogP contribution in [0.15, 0.2) is 42.5 Å². The molecule has 1 unspecified atom stereocenters. The Morgan fingerprint density at radius 2 is 2.04 bits per heavy atom. The molecule has 4 heteroatoms. The van der Waals surface area contributed by atoms with Crippen LogP contribution in [0.1, 0.15) is 29.8 Å². The lowest BCUT2D eigenvalue weighted by atomic mass is 9.97. The smallest absolute Gasteiger partial charge is 0.123 e. The van der Waals surface area contributed by atoms with Gasteiger partial charge in [-0.25, -0.2) is 4.39 Å². The fraction of sp³-hybridized carbons (Fsp3) is 0.333. The number of fused-ring (bicyclic) bond motifs is 3. The standard InChI is InChI=1S/C21H22ClFN2/c1-14-21-18-13-16(22)6-7-19(18)25(20(21)9-10-24(14)2)11-8-15-4-3-5-17(23)12-15/h3-7,12-14H,8-11H2,1-2H3. The summed E-state index contributed by atoms with van der Waals surface area (Å²) in [5.74, 6) is -0.168. The van der Waals surface area contributed by atoms with Gasteiger partial charge < -0.3 is 4.57 Å². The van der Waals surface area contributed by atoms with E-state index in [1.54, 1.807) is 12.1 Å². The highest BCUT2D eigenvalue weighted by Crippen LogP contribution is 2.38. The lowest BCUT2D eigenvalue weighted by molar-refractivity contribution is 0.245. The first kappa shape index (κ1) is 16.6. The Bertz CT molecular complexity index is 931. The Morgan fingerprint density at radius 1 is 1.20 bits per heavy atom. The maximum atomic E-state index is 13.5. The van der Waals surface area contributed by atoms with Gasteiger partial charge in [-0.2, -0.15) is 0 Å². The zero-order valence-corrected chi connectivity index (χ0v) is 15.4. The van der Waals surface area contributed by atoms with Crippen LogP contribution in [0.2, 0.25) is 5.02 Å². The van der Waals surface area contributed by atoms with E-state index in [0.717, 1.165) is 36.5 Å². The number of nitrogens with zero attached hydrogens (tertiary/aromatic N) is 2. The van der Waals surface area contributed by atoms with Crippen LogP contribution in [0, 0.1) is 5.82 Å². The minimum atomic E-state index is -0.168. The van der Waals surface area contributed by atoms with Crippen molar-refractivity contribution >= 4 is 22.5 Å². The van der Waals surface area contributed by atoms with E-state index in [2.05, 4.69) is 35.6 Å². The fourth-order valence-corrected chi connectivity index (χ4v) is 4.20. The molecule has 0 fully saturated rings. The molecule has 0 radical (unpaired) electrons. The number of benzene rings is 2. The van der Waals surface area contributed by atoms with Gasteiger partial charge in [-0.15, -0.1) is 0 Å². The van der Waals surface area contributed by atoms with Gasteiger partial charge in [0.05, 0.1) is 0 Å². The predicted molar refractivity (Wildman–Crippen MR) is 102 cm³/mol. The molecule has 0 spiro atoms. The van der Waals surface area contributed by atoms with Crippen molar-refractivity contribution in [3.05, 3.63) is 70.1 Å². The normalized spacial score (nSPS) is 17.8. The average Bonchev–Trinajstić information content (AvgIpc) is 2.90. The molecule has 1 aromatic heterocycles. The molecule has 0 bridgehead atoms. The summed E-state index contributed by atoms with van der Waals surface area (Å²) in [7, 11) is 2.17. The third-order valence-electron chi connectivity index (χ3n) is 5.47. The van der Waals surface area contributed by atoms with Crippen molar-refractivity contribution in [2.45, 2.75) is 32.4 Å². The maximum absolute atomic E-state index is 13.5. The highest BCUT2D eigenvalue weighted by atomic mass is 35.5. The Labute approximate surface area is 152 Å². The van der Waals surface area contributed by atoms with E-state index >= 15 is 0 Å².